The molecule has 144 valence electrons. The molecule has 1 aliphatic rings. The van der Waals surface area contributed by atoms with Crippen LogP contribution in [-0.4, -0.2) is 16.4 Å². The van der Waals surface area contributed by atoms with Gasteiger partial charge >= 0.3 is 0 Å². The molecule has 0 spiro atoms. The van der Waals surface area contributed by atoms with Crippen LogP contribution in [0, 0.1) is 11.2 Å². The zero-order valence-electron chi connectivity index (χ0n) is 16.3. The number of benzene rings is 2. The Labute approximate surface area is 165 Å². The lowest BCUT2D eigenvalue weighted by Gasteiger charge is -2.34. The summed E-state index contributed by atoms with van der Waals surface area (Å²) in [6, 6.07) is 16.7. The number of nitrogens with zero attached hydrogens (tertiary/aromatic N) is 1. The average molecular weight is 376 g/mol. The Morgan fingerprint density at radius 1 is 1.18 bits per heavy atom. The third kappa shape index (κ3) is 4.06. The van der Waals surface area contributed by atoms with Crippen LogP contribution in [0.4, 0.5) is 4.39 Å². The summed E-state index contributed by atoms with van der Waals surface area (Å²) in [6.07, 6.45) is 5.55. The van der Waals surface area contributed by atoms with Crippen molar-refractivity contribution in [2.45, 2.75) is 45.1 Å². The number of rotatable bonds is 6. The Morgan fingerprint density at radius 3 is 2.64 bits per heavy atom. The number of fused-ring (bicyclic) bond motifs is 1. The Morgan fingerprint density at radius 2 is 1.93 bits per heavy atom. The van der Waals surface area contributed by atoms with Crippen molar-refractivity contribution in [2.75, 3.05) is 0 Å². The maximum atomic E-state index is 13.9. The van der Waals surface area contributed by atoms with Crippen LogP contribution in [0.15, 0.2) is 60.8 Å². The van der Waals surface area contributed by atoms with Gasteiger partial charge in [0.25, 0.3) is 5.91 Å². The van der Waals surface area contributed by atoms with Gasteiger partial charge in [0, 0.05) is 17.1 Å². The van der Waals surface area contributed by atoms with Gasteiger partial charge in [0.15, 0.2) is 0 Å². The van der Waals surface area contributed by atoms with E-state index in [0.29, 0.717) is 16.4 Å². The fourth-order valence-electron chi connectivity index (χ4n) is 4.12. The van der Waals surface area contributed by atoms with Gasteiger partial charge in [-0.25, -0.2) is 4.39 Å². The second kappa shape index (κ2) is 7.01. The maximum absolute atomic E-state index is 13.9. The molecule has 3 nitrogen and oxygen atoms in total. The van der Waals surface area contributed by atoms with E-state index in [4.69, 9.17) is 0 Å². The Balaban J connectivity index is 1.59. The van der Waals surface area contributed by atoms with Gasteiger partial charge in [-0.1, -0.05) is 49.4 Å². The molecule has 1 atom stereocenters. The predicted molar refractivity (Wildman–Crippen MR) is 110 cm³/mol. The maximum Gasteiger partial charge on any atom is 0.253 e. The van der Waals surface area contributed by atoms with Crippen LogP contribution in [0.2, 0.25) is 0 Å². The molecular weight excluding hydrogens is 351 g/mol. The standard InChI is InChI=1S/C24H25FN2O/c1-23(11-12-23)16-24(2,14-17-7-4-3-5-8-17)27-22(28)19-13-18-9-6-10-20(25)21(18)26-15-19/h3-10,13,15H,11-12,14,16H2,1-2H3,(H,27,28)/t24-/m1/s1. The summed E-state index contributed by atoms with van der Waals surface area (Å²) in [7, 11) is 0. The van der Waals surface area contributed by atoms with Crippen LogP contribution < -0.4 is 5.32 Å². The molecule has 1 amide bonds. The van der Waals surface area contributed by atoms with Crippen molar-refractivity contribution < 1.29 is 9.18 Å². The van der Waals surface area contributed by atoms with E-state index in [0.717, 1.165) is 12.8 Å². The normalized spacial score (nSPS) is 17.1. The van der Waals surface area contributed by atoms with Crippen molar-refractivity contribution in [3.05, 3.63) is 77.7 Å². The number of hydrogen-bond donors (Lipinski definition) is 1. The summed E-state index contributed by atoms with van der Waals surface area (Å²) < 4.78 is 13.9. The summed E-state index contributed by atoms with van der Waals surface area (Å²) in [4.78, 5) is 17.2. The fourth-order valence-corrected chi connectivity index (χ4v) is 4.12. The molecule has 1 aliphatic carbocycles. The first-order valence-electron chi connectivity index (χ1n) is 9.77. The predicted octanol–water partition coefficient (Wildman–Crippen LogP) is 5.30. The molecule has 0 saturated heterocycles. The number of halogens is 1. The van der Waals surface area contributed by atoms with Crippen molar-refractivity contribution >= 4 is 16.8 Å². The minimum absolute atomic E-state index is 0.165. The van der Waals surface area contributed by atoms with Crippen molar-refractivity contribution in [1.29, 1.82) is 0 Å². The lowest BCUT2D eigenvalue weighted by atomic mass is 9.82. The Kier molecular flexibility index (Phi) is 4.66. The zero-order valence-corrected chi connectivity index (χ0v) is 16.3. The molecule has 3 aromatic rings. The van der Waals surface area contributed by atoms with Crippen LogP contribution in [0.25, 0.3) is 10.9 Å². The molecular formula is C24H25FN2O. The highest BCUT2D eigenvalue weighted by Gasteiger charge is 2.44. The van der Waals surface area contributed by atoms with E-state index in [1.54, 1.807) is 18.2 Å². The number of hydrogen-bond acceptors (Lipinski definition) is 2. The van der Waals surface area contributed by atoms with Crippen LogP contribution in [0.1, 0.15) is 49.0 Å². The SMILES string of the molecule is CC1(C[C@@](C)(Cc2ccccc2)NC(=O)c2cnc3c(F)cccc3c2)CC1. The van der Waals surface area contributed by atoms with Crippen molar-refractivity contribution in [3.8, 4) is 0 Å². The smallest absolute Gasteiger partial charge is 0.253 e. The molecule has 1 saturated carbocycles. The first-order valence-corrected chi connectivity index (χ1v) is 9.77. The molecule has 0 unspecified atom stereocenters. The number of pyridine rings is 1. The number of carbonyl (C=O) groups is 1. The van der Waals surface area contributed by atoms with Gasteiger partial charge in [-0.2, -0.15) is 0 Å². The van der Waals surface area contributed by atoms with E-state index >= 15 is 0 Å². The topological polar surface area (TPSA) is 42.0 Å². The number of aromatic nitrogens is 1. The zero-order chi connectivity index (χ0) is 19.8. The number of carbonyl (C=O) groups excluding carboxylic acids is 1. The van der Waals surface area contributed by atoms with E-state index in [2.05, 4.69) is 36.3 Å². The highest BCUT2D eigenvalue weighted by molar-refractivity contribution is 5.97. The third-order valence-corrected chi connectivity index (χ3v) is 5.70. The molecule has 1 N–H and O–H groups in total. The van der Waals surface area contributed by atoms with Crippen LogP contribution in [-0.2, 0) is 6.42 Å². The van der Waals surface area contributed by atoms with Gasteiger partial charge in [-0.15, -0.1) is 0 Å². The molecule has 0 bridgehead atoms. The summed E-state index contributed by atoms with van der Waals surface area (Å²) in [5.74, 6) is -0.540. The number of amides is 1. The second-order valence-electron chi connectivity index (χ2n) is 8.70. The van der Waals surface area contributed by atoms with Gasteiger partial charge in [0.05, 0.1) is 5.56 Å². The molecule has 28 heavy (non-hydrogen) atoms. The summed E-state index contributed by atoms with van der Waals surface area (Å²) >= 11 is 0. The second-order valence-corrected chi connectivity index (χ2v) is 8.70. The van der Waals surface area contributed by atoms with E-state index in [9.17, 15) is 9.18 Å². The van der Waals surface area contributed by atoms with Gasteiger partial charge in [0.2, 0.25) is 0 Å². The minimum Gasteiger partial charge on any atom is -0.346 e. The average Bonchev–Trinajstić information content (AvgIpc) is 3.38. The number of para-hydroxylation sites is 1. The highest BCUT2D eigenvalue weighted by atomic mass is 19.1. The molecule has 0 aliphatic heterocycles. The molecule has 1 heterocycles. The van der Waals surface area contributed by atoms with E-state index in [1.165, 1.54) is 30.7 Å². The molecule has 4 rings (SSSR count). The molecule has 1 fully saturated rings. The van der Waals surface area contributed by atoms with Crippen molar-refractivity contribution in [1.82, 2.24) is 10.3 Å². The fraction of sp³-hybridized carbons (Fsp3) is 0.333. The van der Waals surface area contributed by atoms with Crippen molar-refractivity contribution in [2.24, 2.45) is 5.41 Å². The summed E-state index contributed by atoms with van der Waals surface area (Å²) in [5, 5.41) is 3.89. The van der Waals surface area contributed by atoms with E-state index in [1.807, 2.05) is 18.2 Å². The first-order chi connectivity index (χ1) is 13.4. The molecule has 0 radical (unpaired) electrons. The lowest BCUT2D eigenvalue weighted by molar-refractivity contribution is 0.0889. The third-order valence-electron chi connectivity index (χ3n) is 5.70. The molecule has 1 aromatic heterocycles. The molecule has 2 aromatic carbocycles. The lowest BCUT2D eigenvalue weighted by Crippen LogP contribution is -2.49. The quantitative estimate of drug-likeness (QED) is 0.635. The summed E-state index contributed by atoms with van der Waals surface area (Å²) in [6.45, 7) is 4.40. The molecule has 4 heteroatoms. The first kappa shape index (κ1) is 18.6. The van der Waals surface area contributed by atoms with E-state index < -0.39 is 0 Å². The Bertz CT molecular complexity index is 1010. The van der Waals surface area contributed by atoms with Crippen LogP contribution in [0.5, 0.6) is 0 Å². The van der Waals surface area contributed by atoms with Crippen LogP contribution >= 0.6 is 0 Å². The summed E-state index contributed by atoms with van der Waals surface area (Å²) in [5.41, 5.74) is 1.88. The number of nitrogens with one attached hydrogen (secondary N) is 1. The van der Waals surface area contributed by atoms with Gasteiger partial charge in [0.1, 0.15) is 11.3 Å². The van der Waals surface area contributed by atoms with Crippen molar-refractivity contribution in [3.63, 3.8) is 0 Å². The van der Waals surface area contributed by atoms with Crippen LogP contribution in [0.3, 0.4) is 0 Å². The van der Waals surface area contributed by atoms with Gasteiger partial charge in [-0.3, -0.25) is 9.78 Å². The minimum atomic E-state index is -0.375. The monoisotopic (exact) mass is 376 g/mol. The highest BCUT2D eigenvalue weighted by Crippen LogP contribution is 2.51. The Hall–Kier alpha value is -2.75. The van der Waals surface area contributed by atoms with Gasteiger partial charge in [-0.05, 0) is 55.7 Å². The largest absolute Gasteiger partial charge is 0.346 e. The van der Waals surface area contributed by atoms with Gasteiger partial charge < -0.3 is 5.32 Å². The van der Waals surface area contributed by atoms with E-state index in [-0.39, 0.29) is 22.8 Å².